The Morgan fingerprint density at radius 1 is 1.50 bits per heavy atom. The molecule has 4 heavy (non-hydrogen) atoms. The summed E-state index contributed by atoms with van der Waals surface area (Å²) >= 11 is -2.61. The molecule has 26 valence electrons. The lowest BCUT2D eigenvalue weighted by Crippen LogP contribution is -1.72. The molecule has 0 aromatic carbocycles. The fraction of sp³-hybridized carbons (Fsp3) is 0. The molecule has 0 bridgehead atoms. The molecule has 0 atom stereocenters. The molecule has 0 aliphatic rings. The number of nitrogens with one attached hydrogen (secondary N) is 1. The Morgan fingerprint density at radius 2 is 1.50 bits per heavy atom. The van der Waals surface area contributed by atoms with E-state index in [-0.39, 0.29) is 0 Å². The predicted molar refractivity (Wildman–Crippen MR) is 11.6 cm³/mol. The largest absolute Gasteiger partial charge is 0.801 e. The van der Waals surface area contributed by atoms with Crippen LogP contribution in [0.2, 0.25) is 0 Å². The van der Waals surface area contributed by atoms with Crippen LogP contribution >= 0.6 is 0 Å². The molecular weight excluding hydrogens is 78.1 g/mol. The van der Waals surface area contributed by atoms with E-state index in [2.05, 4.69) is 0 Å². The van der Waals surface area contributed by atoms with Crippen molar-refractivity contribution >= 4 is 11.3 Å². The lowest BCUT2D eigenvalue weighted by atomic mass is 14.0. The average Bonchev–Trinajstić information content (AvgIpc) is 0.811. The van der Waals surface area contributed by atoms with Gasteiger partial charge in [-0.1, -0.05) is 0 Å². The van der Waals surface area contributed by atoms with Gasteiger partial charge in [-0.15, -0.1) is 0 Å². The van der Waals surface area contributed by atoms with Crippen LogP contribution in [0.25, 0.3) is 0 Å². The summed E-state index contributed by atoms with van der Waals surface area (Å²) in [6.07, 6.45) is 0. The maximum absolute atomic E-state index is 8.67. The van der Waals surface area contributed by atoms with E-state index >= 15 is 0 Å². The SMILES string of the molecule is N=S([O-])[O-]. The number of rotatable bonds is 0. The van der Waals surface area contributed by atoms with Crippen LogP contribution in [-0.2, 0) is 11.3 Å². The zero-order valence-electron chi connectivity index (χ0n) is 1.72. The monoisotopic (exact) mass is 79.0 g/mol. The second-order valence-electron chi connectivity index (χ2n) is 0.235. The van der Waals surface area contributed by atoms with Crippen LogP contribution in [0.3, 0.4) is 0 Å². The van der Waals surface area contributed by atoms with Crippen molar-refractivity contribution in [2.75, 3.05) is 0 Å². The van der Waals surface area contributed by atoms with Crippen LogP contribution in [0.1, 0.15) is 0 Å². The minimum Gasteiger partial charge on any atom is -0.801 e. The first-order chi connectivity index (χ1) is 1.73. The molecule has 0 aliphatic carbocycles. The number of hydrogen-bond donors (Lipinski definition) is 1. The van der Waals surface area contributed by atoms with Gasteiger partial charge < -0.3 is 13.9 Å². The van der Waals surface area contributed by atoms with Crippen LogP contribution in [0.4, 0.5) is 0 Å². The standard InChI is InChI=1S/HNO2S/c1-4(2)3/h(H-2,1,2,3)/q-2. The van der Waals surface area contributed by atoms with Gasteiger partial charge in [-0.2, -0.15) is 0 Å². The first-order valence-electron chi connectivity index (χ1n) is 0.537. The van der Waals surface area contributed by atoms with E-state index in [1.807, 2.05) is 0 Å². The Hall–Kier alpha value is 0.0700. The Bertz CT molecular complexity index is 29.0. The van der Waals surface area contributed by atoms with Crippen molar-refractivity contribution in [2.24, 2.45) is 0 Å². The third kappa shape index (κ3) is 484. The third-order valence-corrected chi connectivity index (χ3v) is 0. The summed E-state index contributed by atoms with van der Waals surface area (Å²) in [7, 11) is 0. The van der Waals surface area contributed by atoms with Crippen molar-refractivity contribution in [3.63, 3.8) is 0 Å². The van der Waals surface area contributed by atoms with E-state index in [0.29, 0.717) is 0 Å². The molecule has 0 saturated heterocycles. The van der Waals surface area contributed by atoms with Gasteiger partial charge in [0, 0.05) is 0 Å². The highest BCUT2D eigenvalue weighted by molar-refractivity contribution is 7.74. The topological polar surface area (TPSA) is 70.0 Å². The molecule has 0 aliphatic heterocycles. The van der Waals surface area contributed by atoms with Crippen LogP contribution in [-0.4, -0.2) is 9.11 Å². The highest BCUT2D eigenvalue weighted by Gasteiger charge is 1.11. The van der Waals surface area contributed by atoms with Crippen molar-refractivity contribution in [1.29, 1.82) is 4.78 Å². The maximum Gasteiger partial charge on any atom is -0.283 e. The van der Waals surface area contributed by atoms with Gasteiger partial charge in [0.25, 0.3) is 0 Å². The molecule has 0 radical (unpaired) electrons. The third-order valence-electron chi connectivity index (χ3n) is 0. The Kier molecular flexibility index (Phi) is 1.42. The summed E-state index contributed by atoms with van der Waals surface area (Å²) in [6, 6.07) is 0. The van der Waals surface area contributed by atoms with Crippen molar-refractivity contribution in [3.8, 4) is 0 Å². The highest BCUT2D eigenvalue weighted by Crippen LogP contribution is 1.47. The second kappa shape index (κ2) is 1.40. The van der Waals surface area contributed by atoms with Crippen LogP contribution < -0.4 is 0 Å². The Labute approximate surface area is 26.2 Å². The first-order valence-corrected chi connectivity index (χ1v) is 1.61. The molecule has 0 amide bonds. The van der Waals surface area contributed by atoms with Gasteiger partial charge in [0.05, 0.1) is 0 Å². The van der Waals surface area contributed by atoms with Crippen molar-refractivity contribution in [2.45, 2.75) is 0 Å². The molecule has 0 heterocycles. The average molecular weight is 79.1 g/mol. The molecule has 4 heteroatoms. The van der Waals surface area contributed by atoms with Crippen LogP contribution in [0, 0.1) is 4.78 Å². The molecule has 0 rings (SSSR count). The van der Waals surface area contributed by atoms with E-state index in [4.69, 9.17) is 13.9 Å². The van der Waals surface area contributed by atoms with E-state index in [1.54, 1.807) is 0 Å². The fourth-order valence-electron chi connectivity index (χ4n) is 0. The van der Waals surface area contributed by atoms with Crippen LogP contribution in [0.5, 0.6) is 0 Å². The van der Waals surface area contributed by atoms with Gasteiger partial charge >= 0.3 is 0 Å². The minimum absolute atomic E-state index is 2.61. The smallest absolute Gasteiger partial charge is 0.283 e. The zero-order chi connectivity index (χ0) is 3.58. The van der Waals surface area contributed by atoms with Crippen molar-refractivity contribution in [1.82, 2.24) is 0 Å². The normalized spacial score (nSPS) is 8.75. The summed E-state index contributed by atoms with van der Waals surface area (Å²) in [5, 5.41) is 0. The summed E-state index contributed by atoms with van der Waals surface area (Å²) in [5.41, 5.74) is 0. The molecule has 0 spiro atoms. The number of hydrogen-bond acceptors (Lipinski definition) is 3. The van der Waals surface area contributed by atoms with Gasteiger partial charge in [0.1, 0.15) is 0 Å². The molecule has 3 nitrogen and oxygen atoms in total. The Balaban J connectivity index is 2.80. The summed E-state index contributed by atoms with van der Waals surface area (Å²) < 4.78 is 22.8. The minimum atomic E-state index is -2.61. The summed E-state index contributed by atoms with van der Waals surface area (Å²) in [5.74, 6) is 0. The fourth-order valence-corrected chi connectivity index (χ4v) is 0. The molecule has 0 fully saturated rings. The van der Waals surface area contributed by atoms with Gasteiger partial charge in [-0.05, 0) is 0 Å². The predicted octanol–water partition coefficient (Wildman–Crippen LogP) is -0.372. The van der Waals surface area contributed by atoms with Crippen molar-refractivity contribution < 1.29 is 9.11 Å². The second-order valence-corrected chi connectivity index (χ2v) is 0.704. The summed E-state index contributed by atoms with van der Waals surface area (Å²) in [6.45, 7) is 0. The van der Waals surface area contributed by atoms with Gasteiger partial charge in [0.15, 0.2) is 0 Å². The lowest BCUT2D eigenvalue weighted by molar-refractivity contribution is 0.471. The van der Waals surface area contributed by atoms with Gasteiger partial charge in [-0.3, -0.25) is 11.3 Å². The van der Waals surface area contributed by atoms with E-state index in [1.165, 1.54) is 0 Å². The quantitative estimate of drug-likeness (QED) is 0.430. The van der Waals surface area contributed by atoms with E-state index < -0.39 is 11.3 Å². The maximum atomic E-state index is 8.67. The summed E-state index contributed by atoms with van der Waals surface area (Å²) in [4.78, 5) is 0. The van der Waals surface area contributed by atoms with Crippen LogP contribution in [0.15, 0.2) is 0 Å². The molecule has 0 aromatic rings. The molecule has 1 N–H and O–H groups in total. The lowest BCUT2D eigenvalue weighted by Gasteiger charge is -2.10. The van der Waals surface area contributed by atoms with Gasteiger partial charge in [-0.25, -0.2) is 0 Å². The Morgan fingerprint density at radius 3 is 1.50 bits per heavy atom. The van der Waals surface area contributed by atoms with E-state index in [0.717, 1.165) is 0 Å². The van der Waals surface area contributed by atoms with E-state index in [9.17, 15) is 0 Å². The molecule has 0 aromatic heterocycles. The van der Waals surface area contributed by atoms with Gasteiger partial charge in [0.2, 0.25) is 0 Å². The highest BCUT2D eigenvalue weighted by atomic mass is 32.2. The molecular formula is HNO2S-2. The van der Waals surface area contributed by atoms with Crippen molar-refractivity contribution in [3.05, 3.63) is 0 Å². The zero-order valence-corrected chi connectivity index (χ0v) is 2.54. The molecule has 0 saturated carbocycles. The molecule has 0 unspecified atom stereocenters. The first kappa shape index (κ1) is 4.07.